The summed E-state index contributed by atoms with van der Waals surface area (Å²) in [5.41, 5.74) is 3.95. The van der Waals surface area contributed by atoms with E-state index >= 15 is 0 Å². The van der Waals surface area contributed by atoms with Gasteiger partial charge in [-0.25, -0.2) is 0 Å². The summed E-state index contributed by atoms with van der Waals surface area (Å²) in [6.07, 6.45) is 4.92. The molecule has 0 aliphatic carbocycles. The molecule has 0 saturated heterocycles. The molecular weight excluding hydrogens is 190 g/mol. The van der Waals surface area contributed by atoms with Crippen LogP contribution in [0.1, 0.15) is 17.5 Å². The highest BCUT2D eigenvalue weighted by molar-refractivity contribution is 7.80. The van der Waals surface area contributed by atoms with E-state index in [0.717, 1.165) is 24.3 Å². The molecular formula is C12H13NS. The lowest BCUT2D eigenvalue weighted by atomic mass is 9.96. The molecule has 2 rings (SSSR count). The lowest BCUT2D eigenvalue weighted by Crippen LogP contribution is -2.18. The predicted octanol–water partition coefficient (Wildman–Crippen LogP) is 3.10. The molecule has 0 fully saturated rings. The molecule has 1 aromatic carbocycles. The van der Waals surface area contributed by atoms with Crippen LogP contribution >= 0.6 is 12.2 Å². The van der Waals surface area contributed by atoms with Gasteiger partial charge in [-0.05, 0) is 30.0 Å². The third kappa shape index (κ3) is 1.70. The lowest BCUT2D eigenvalue weighted by Gasteiger charge is -2.21. The fraction of sp³-hybridized carbons (Fsp3) is 0.250. The third-order valence-electron chi connectivity index (χ3n) is 2.51. The zero-order valence-corrected chi connectivity index (χ0v) is 8.86. The second kappa shape index (κ2) is 3.93. The van der Waals surface area contributed by atoms with Crippen molar-refractivity contribution in [1.82, 2.24) is 0 Å². The lowest BCUT2D eigenvalue weighted by molar-refractivity contribution is 0.996. The fourth-order valence-corrected chi connectivity index (χ4v) is 2.06. The first-order valence-corrected chi connectivity index (χ1v) is 5.23. The van der Waals surface area contributed by atoms with Crippen LogP contribution in [0.4, 0.5) is 5.69 Å². The number of allylic oxidation sites excluding steroid dienone is 1. The van der Waals surface area contributed by atoms with Crippen LogP contribution in [0, 0.1) is 0 Å². The average Bonchev–Trinajstić information content (AvgIpc) is 2.18. The Morgan fingerprint density at radius 2 is 2.29 bits per heavy atom. The maximum atomic E-state index is 5.16. The molecule has 0 atom stereocenters. The number of hydrogen-bond acceptors (Lipinski definition) is 1. The number of thiocarbonyl (C=S) groups is 1. The quantitative estimate of drug-likeness (QED) is 0.585. The van der Waals surface area contributed by atoms with Crippen LogP contribution in [0.15, 0.2) is 30.9 Å². The van der Waals surface area contributed by atoms with Crippen molar-refractivity contribution in [3.63, 3.8) is 0 Å². The Bertz CT molecular complexity index is 368. The summed E-state index contributed by atoms with van der Waals surface area (Å²) in [6, 6.07) is 6.32. The van der Waals surface area contributed by atoms with Crippen LogP contribution in [-0.2, 0) is 12.8 Å². The van der Waals surface area contributed by atoms with Crippen molar-refractivity contribution < 1.29 is 0 Å². The predicted molar refractivity (Wildman–Crippen MR) is 64.9 cm³/mol. The molecule has 72 valence electrons. The van der Waals surface area contributed by atoms with Gasteiger partial charge in [-0.15, -0.1) is 6.58 Å². The Morgan fingerprint density at radius 3 is 3.07 bits per heavy atom. The highest BCUT2D eigenvalue weighted by Gasteiger charge is 2.14. The van der Waals surface area contributed by atoms with Gasteiger partial charge in [0.25, 0.3) is 0 Å². The van der Waals surface area contributed by atoms with Gasteiger partial charge in [0, 0.05) is 12.1 Å². The monoisotopic (exact) mass is 203 g/mol. The average molecular weight is 203 g/mol. The standard InChI is InChI=1S/C12H13NS/c1-2-4-9-5-3-6-11-10(9)7-8-12(14)13-11/h2-3,5-6H,1,4,7-8H2,(H,13,14). The van der Waals surface area contributed by atoms with Crippen molar-refractivity contribution in [3.05, 3.63) is 42.0 Å². The van der Waals surface area contributed by atoms with Gasteiger partial charge in [-0.2, -0.15) is 0 Å². The summed E-state index contributed by atoms with van der Waals surface area (Å²) in [6.45, 7) is 3.77. The minimum Gasteiger partial charge on any atom is -0.350 e. The number of nitrogens with one attached hydrogen (secondary N) is 1. The smallest absolute Gasteiger partial charge is 0.0800 e. The van der Waals surface area contributed by atoms with Gasteiger partial charge in [0.1, 0.15) is 0 Å². The molecule has 0 bridgehead atoms. The van der Waals surface area contributed by atoms with E-state index in [1.165, 1.54) is 16.8 Å². The molecule has 0 radical (unpaired) electrons. The van der Waals surface area contributed by atoms with Crippen LogP contribution in [0.3, 0.4) is 0 Å². The highest BCUT2D eigenvalue weighted by Crippen LogP contribution is 2.26. The van der Waals surface area contributed by atoms with Crippen LogP contribution in [0.25, 0.3) is 0 Å². The molecule has 1 aromatic rings. The van der Waals surface area contributed by atoms with Crippen LogP contribution in [0.5, 0.6) is 0 Å². The Balaban J connectivity index is 2.40. The zero-order valence-electron chi connectivity index (χ0n) is 8.05. The number of fused-ring (bicyclic) bond motifs is 1. The molecule has 0 spiro atoms. The van der Waals surface area contributed by atoms with Gasteiger partial charge in [-0.3, -0.25) is 0 Å². The maximum absolute atomic E-state index is 5.16. The van der Waals surface area contributed by atoms with Gasteiger partial charge in [0.15, 0.2) is 0 Å². The van der Waals surface area contributed by atoms with Crippen molar-refractivity contribution in [1.29, 1.82) is 0 Å². The van der Waals surface area contributed by atoms with Crippen LogP contribution < -0.4 is 5.32 Å². The summed E-state index contributed by atoms with van der Waals surface area (Å²) < 4.78 is 0. The van der Waals surface area contributed by atoms with Crippen molar-refractivity contribution in [2.45, 2.75) is 19.3 Å². The zero-order chi connectivity index (χ0) is 9.97. The third-order valence-corrected chi connectivity index (χ3v) is 2.82. The van der Waals surface area contributed by atoms with Gasteiger partial charge >= 0.3 is 0 Å². The molecule has 1 N–H and O–H groups in total. The first-order chi connectivity index (χ1) is 6.81. The number of rotatable bonds is 2. The highest BCUT2D eigenvalue weighted by atomic mass is 32.1. The molecule has 1 heterocycles. The molecule has 2 heteroatoms. The van der Waals surface area contributed by atoms with Crippen molar-refractivity contribution in [2.75, 3.05) is 5.32 Å². The first kappa shape index (κ1) is 9.41. The minimum absolute atomic E-state index is 0.942. The van der Waals surface area contributed by atoms with Gasteiger partial charge in [0.2, 0.25) is 0 Å². The largest absolute Gasteiger partial charge is 0.350 e. The Morgan fingerprint density at radius 1 is 1.43 bits per heavy atom. The van der Waals surface area contributed by atoms with E-state index in [1.54, 1.807) is 0 Å². The molecule has 0 amide bonds. The molecule has 1 nitrogen and oxygen atoms in total. The van der Waals surface area contributed by atoms with Crippen molar-refractivity contribution in [2.24, 2.45) is 0 Å². The van der Waals surface area contributed by atoms with E-state index in [9.17, 15) is 0 Å². The summed E-state index contributed by atoms with van der Waals surface area (Å²) in [4.78, 5) is 0.952. The van der Waals surface area contributed by atoms with Gasteiger partial charge in [0.05, 0.1) is 4.99 Å². The second-order valence-corrected chi connectivity index (χ2v) is 3.98. The first-order valence-electron chi connectivity index (χ1n) is 4.83. The Kier molecular flexibility index (Phi) is 2.64. The molecule has 0 unspecified atom stereocenters. The summed E-state index contributed by atoms with van der Waals surface area (Å²) in [7, 11) is 0. The summed E-state index contributed by atoms with van der Waals surface area (Å²) >= 11 is 5.16. The molecule has 0 saturated carbocycles. The minimum atomic E-state index is 0.942. The SMILES string of the molecule is C=CCc1cccc2c1CCC(=S)N2. The normalized spacial score (nSPS) is 14.4. The number of benzene rings is 1. The van der Waals surface area contributed by atoms with Gasteiger partial charge in [-0.1, -0.05) is 30.4 Å². The van der Waals surface area contributed by atoms with E-state index in [2.05, 4.69) is 30.1 Å². The van der Waals surface area contributed by atoms with E-state index < -0.39 is 0 Å². The number of anilines is 1. The maximum Gasteiger partial charge on any atom is 0.0800 e. The molecule has 0 aromatic heterocycles. The second-order valence-electron chi connectivity index (χ2n) is 3.48. The Labute approximate surface area is 89.8 Å². The van der Waals surface area contributed by atoms with E-state index in [1.807, 2.05) is 6.08 Å². The van der Waals surface area contributed by atoms with Crippen molar-refractivity contribution >= 4 is 22.9 Å². The molecule has 1 aliphatic heterocycles. The van der Waals surface area contributed by atoms with Crippen LogP contribution in [0.2, 0.25) is 0 Å². The van der Waals surface area contributed by atoms with E-state index in [4.69, 9.17) is 12.2 Å². The number of hydrogen-bond donors (Lipinski definition) is 1. The van der Waals surface area contributed by atoms with Crippen molar-refractivity contribution in [3.8, 4) is 0 Å². The molecule has 14 heavy (non-hydrogen) atoms. The summed E-state index contributed by atoms with van der Waals surface area (Å²) in [5.74, 6) is 0. The molecule has 1 aliphatic rings. The topological polar surface area (TPSA) is 12.0 Å². The van der Waals surface area contributed by atoms with E-state index in [-0.39, 0.29) is 0 Å². The summed E-state index contributed by atoms with van der Waals surface area (Å²) in [5, 5.41) is 3.26. The van der Waals surface area contributed by atoms with Crippen LogP contribution in [-0.4, -0.2) is 4.99 Å². The van der Waals surface area contributed by atoms with E-state index in [0.29, 0.717) is 0 Å². The fourth-order valence-electron chi connectivity index (χ4n) is 1.84. The van der Waals surface area contributed by atoms with Gasteiger partial charge < -0.3 is 5.32 Å². The Hall–Kier alpha value is -1.15.